The van der Waals surface area contributed by atoms with Crippen LogP contribution in [0.25, 0.3) is 11.3 Å². The third-order valence-corrected chi connectivity index (χ3v) is 4.90. The van der Waals surface area contributed by atoms with Crippen LogP contribution in [0, 0.1) is 12.8 Å². The van der Waals surface area contributed by atoms with Gasteiger partial charge in [0.2, 0.25) is 0 Å². The molecule has 0 saturated heterocycles. The third-order valence-electron chi connectivity index (χ3n) is 4.90. The summed E-state index contributed by atoms with van der Waals surface area (Å²) in [6.45, 7) is 4.04. The molecule has 0 atom stereocenters. The van der Waals surface area contributed by atoms with Crippen LogP contribution in [-0.2, 0) is 0 Å². The summed E-state index contributed by atoms with van der Waals surface area (Å²) >= 11 is 0. The van der Waals surface area contributed by atoms with Gasteiger partial charge in [-0.2, -0.15) is 0 Å². The number of carbonyl (C=O) groups excluding carboxylic acids is 1. The predicted octanol–water partition coefficient (Wildman–Crippen LogP) is 4.35. The van der Waals surface area contributed by atoms with Crippen molar-refractivity contribution in [2.45, 2.75) is 52.0 Å². The molecule has 23 heavy (non-hydrogen) atoms. The van der Waals surface area contributed by atoms with E-state index >= 15 is 0 Å². The van der Waals surface area contributed by atoms with Gasteiger partial charge in [-0.05, 0) is 38.5 Å². The van der Waals surface area contributed by atoms with Crippen LogP contribution in [0.3, 0.4) is 0 Å². The molecule has 1 N–H and O–H groups in total. The van der Waals surface area contributed by atoms with Gasteiger partial charge in [-0.25, -0.2) is 0 Å². The van der Waals surface area contributed by atoms with Crippen LogP contribution in [0.5, 0.6) is 0 Å². The zero-order chi connectivity index (χ0) is 16.2. The summed E-state index contributed by atoms with van der Waals surface area (Å²) in [6, 6.07) is 9.98. The Labute approximate surface area is 137 Å². The molecule has 0 unspecified atom stereocenters. The number of nitrogens with one attached hydrogen (secondary N) is 1. The molecular weight excluding hydrogens is 288 g/mol. The van der Waals surface area contributed by atoms with Crippen LogP contribution in [0.2, 0.25) is 0 Å². The Morgan fingerprint density at radius 3 is 2.57 bits per heavy atom. The quantitative estimate of drug-likeness (QED) is 0.913. The lowest BCUT2D eigenvalue weighted by Crippen LogP contribution is -2.37. The maximum Gasteiger partial charge on any atom is 0.257 e. The maximum absolute atomic E-state index is 12.7. The van der Waals surface area contributed by atoms with Crippen LogP contribution < -0.4 is 5.32 Å². The van der Waals surface area contributed by atoms with E-state index in [2.05, 4.69) is 17.4 Å². The van der Waals surface area contributed by atoms with E-state index in [1.165, 1.54) is 19.3 Å². The topological polar surface area (TPSA) is 55.1 Å². The van der Waals surface area contributed by atoms with Gasteiger partial charge in [-0.3, -0.25) is 4.79 Å². The lowest BCUT2D eigenvalue weighted by molar-refractivity contribution is 0.0920. The molecule has 4 heteroatoms. The first kappa shape index (κ1) is 15.8. The van der Waals surface area contributed by atoms with Gasteiger partial charge in [-0.15, -0.1) is 0 Å². The fraction of sp³-hybridized carbons (Fsp3) is 0.474. The summed E-state index contributed by atoms with van der Waals surface area (Å²) in [7, 11) is 0. The Morgan fingerprint density at radius 1 is 1.22 bits per heavy atom. The summed E-state index contributed by atoms with van der Waals surface area (Å²) in [5.41, 5.74) is 2.10. The zero-order valence-electron chi connectivity index (χ0n) is 13.8. The van der Waals surface area contributed by atoms with E-state index in [-0.39, 0.29) is 11.9 Å². The van der Waals surface area contributed by atoms with E-state index in [9.17, 15) is 4.79 Å². The van der Waals surface area contributed by atoms with Crippen molar-refractivity contribution in [1.29, 1.82) is 0 Å². The average Bonchev–Trinajstić information content (AvgIpc) is 2.98. The zero-order valence-corrected chi connectivity index (χ0v) is 13.8. The summed E-state index contributed by atoms with van der Waals surface area (Å²) in [5.74, 6) is 1.33. The highest BCUT2D eigenvalue weighted by molar-refractivity contribution is 6.00. The van der Waals surface area contributed by atoms with Crippen LogP contribution in [0.4, 0.5) is 0 Å². The molecule has 1 aromatic heterocycles. The Kier molecular flexibility index (Phi) is 4.79. The van der Waals surface area contributed by atoms with Gasteiger partial charge in [-0.1, -0.05) is 48.8 Å². The van der Waals surface area contributed by atoms with E-state index in [0.717, 1.165) is 24.3 Å². The summed E-state index contributed by atoms with van der Waals surface area (Å²) in [4.78, 5) is 12.7. The molecule has 0 spiro atoms. The van der Waals surface area contributed by atoms with E-state index < -0.39 is 0 Å². The van der Waals surface area contributed by atoms with Crippen molar-refractivity contribution in [3.8, 4) is 11.3 Å². The molecule has 1 aliphatic rings. The fourth-order valence-electron chi connectivity index (χ4n) is 3.41. The molecule has 1 aromatic carbocycles. The van der Waals surface area contributed by atoms with Crippen molar-refractivity contribution < 1.29 is 9.32 Å². The number of amides is 1. The monoisotopic (exact) mass is 312 g/mol. The molecule has 1 saturated carbocycles. The molecule has 0 radical (unpaired) electrons. The van der Waals surface area contributed by atoms with Gasteiger partial charge >= 0.3 is 0 Å². The van der Waals surface area contributed by atoms with Crippen molar-refractivity contribution in [3.63, 3.8) is 0 Å². The normalized spacial score (nSPS) is 21.1. The Bertz CT molecular complexity index is 655. The van der Waals surface area contributed by atoms with Crippen LogP contribution in [0.15, 0.2) is 34.9 Å². The fourth-order valence-corrected chi connectivity index (χ4v) is 3.41. The molecule has 1 aliphatic carbocycles. The number of hydrogen-bond acceptors (Lipinski definition) is 3. The molecular formula is C19H24N2O2. The molecule has 0 aliphatic heterocycles. The molecule has 2 aromatic rings. The molecule has 4 nitrogen and oxygen atoms in total. The molecule has 1 fully saturated rings. The maximum atomic E-state index is 12.7. The third kappa shape index (κ3) is 3.46. The summed E-state index contributed by atoms with van der Waals surface area (Å²) in [5, 5.41) is 7.27. The summed E-state index contributed by atoms with van der Waals surface area (Å²) in [6.07, 6.45) is 5.78. The van der Waals surface area contributed by atoms with Gasteiger partial charge in [0.1, 0.15) is 17.0 Å². The first-order valence-electron chi connectivity index (χ1n) is 8.51. The van der Waals surface area contributed by atoms with E-state index in [4.69, 9.17) is 4.52 Å². The van der Waals surface area contributed by atoms with Crippen LogP contribution in [0.1, 0.15) is 55.1 Å². The first-order chi connectivity index (χ1) is 11.2. The number of nitrogens with zero attached hydrogens (tertiary/aromatic N) is 1. The smallest absolute Gasteiger partial charge is 0.257 e. The van der Waals surface area contributed by atoms with Crippen molar-refractivity contribution in [3.05, 3.63) is 41.7 Å². The molecule has 1 amide bonds. The highest BCUT2D eigenvalue weighted by atomic mass is 16.5. The van der Waals surface area contributed by atoms with Gasteiger partial charge in [0, 0.05) is 11.6 Å². The van der Waals surface area contributed by atoms with Crippen molar-refractivity contribution in [1.82, 2.24) is 10.5 Å². The molecule has 3 rings (SSSR count). The standard InChI is InChI=1S/C19H24N2O2/c1-3-14-9-11-16(12-10-14)20-19(22)17-13(2)23-21-18(17)15-7-5-4-6-8-15/h4-8,14,16H,3,9-12H2,1-2H3,(H,20,22). The minimum Gasteiger partial charge on any atom is -0.360 e. The van der Waals surface area contributed by atoms with Crippen molar-refractivity contribution >= 4 is 5.91 Å². The van der Waals surface area contributed by atoms with Crippen LogP contribution in [-0.4, -0.2) is 17.1 Å². The lowest BCUT2D eigenvalue weighted by Gasteiger charge is -2.28. The Morgan fingerprint density at radius 2 is 1.91 bits per heavy atom. The average molecular weight is 312 g/mol. The second-order valence-corrected chi connectivity index (χ2v) is 6.43. The lowest BCUT2D eigenvalue weighted by atomic mass is 9.84. The number of aryl methyl sites for hydroxylation is 1. The van der Waals surface area contributed by atoms with E-state index in [0.29, 0.717) is 17.0 Å². The molecule has 0 bridgehead atoms. The second kappa shape index (κ2) is 6.99. The number of benzene rings is 1. The SMILES string of the molecule is CCC1CCC(NC(=O)c2c(-c3ccccc3)noc2C)CC1. The first-order valence-corrected chi connectivity index (χ1v) is 8.51. The molecule has 122 valence electrons. The Hall–Kier alpha value is -2.10. The highest BCUT2D eigenvalue weighted by Gasteiger charge is 2.26. The minimum absolute atomic E-state index is 0.0671. The van der Waals surface area contributed by atoms with Gasteiger partial charge in [0.25, 0.3) is 5.91 Å². The Balaban J connectivity index is 1.74. The van der Waals surface area contributed by atoms with Crippen molar-refractivity contribution in [2.24, 2.45) is 5.92 Å². The number of rotatable bonds is 4. The van der Waals surface area contributed by atoms with Crippen LogP contribution >= 0.6 is 0 Å². The van der Waals surface area contributed by atoms with Gasteiger partial charge in [0.15, 0.2) is 0 Å². The van der Waals surface area contributed by atoms with Gasteiger partial charge < -0.3 is 9.84 Å². The largest absolute Gasteiger partial charge is 0.360 e. The van der Waals surface area contributed by atoms with E-state index in [1.807, 2.05) is 30.3 Å². The second-order valence-electron chi connectivity index (χ2n) is 6.43. The van der Waals surface area contributed by atoms with Crippen molar-refractivity contribution in [2.75, 3.05) is 0 Å². The molecule has 1 heterocycles. The predicted molar refractivity (Wildman–Crippen MR) is 90.2 cm³/mol. The van der Waals surface area contributed by atoms with E-state index in [1.54, 1.807) is 6.92 Å². The number of hydrogen-bond donors (Lipinski definition) is 1. The van der Waals surface area contributed by atoms with Gasteiger partial charge in [0.05, 0.1) is 0 Å². The number of carbonyl (C=O) groups is 1. The number of aromatic nitrogens is 1. The minimum atomic E-state index is -0.0671. The summed E-state index contributed by atoms with van der Waals surface area (Å²) < 4.78 is 5.28. The highest BCUT2D eigenvalue weighted by Crippen LogP contribution is 2.28.